The first-order valence-electron chi connectivity index (χ1n) is 6.95. The van der Waals surface area contributed by atoms with Crippen LogP contribution in [0.4, 0.5) is 0 Å². The van der Waals surface area contributed by atoms with Gasteiger partial charge in [0.1, 0.15) is 6.54 Å². The molecule has 5 nitrogen and oxygen atoms in total. The van der Waals surface area contributed by atoms with Crippen LogP contribution < -0.4 is 5.32 Å². The van der Waals surface area contributed by atoms with Crippen molar-refractivity contribution in [3.63, 3.8) is 0 Å². The fraction of sp³-hybridized carbons (Fsp3) is 0.375. The number of hydrogen-bond donors (Lipinski definition) is 2. The SMILES string of the molecule is CCC(C)(C)NC(=O)Cn1ccc2ccc(C(=O)O)cc21. The van der Waals surface area contributed by atoms with E-state index in [0.29, 0.717) is 0 Å². The van der Waals surface area contributed by atoms with Gasteiger partial charge in [-0.25, -0.2) is 4.79 Å². The first-order chi connectivity index (χ1) is 9.82. The van der Waals surface area contributed by atoms with Crippen molar-refractivity contribution >= 4 is 22.8 Å². The topological polar surface area (TPSA) is 71.3 Å². The van der Waals surface area contributed by atoms with Crippen molar-refractivity contribution in [2.75, 3.05) is 0 Å². The van der Waals surface area contributed by atoms with E-state index in [1.54, 1.807) is 29.0 Å². The summed E-state index contributed by atoms with van der Waals surface area (Å²) in [6.07, 6.45) is 2.64. The van der Waals surface area contributed by atoms with E-state index >= 15 is 0 Å². The molecule has 0 bridgehead atoms. The molecule has 0 saturated carbocycles. The largest absolute Gasteiger partial charge is 0.478 e. The van der Waals surface area contributed by atoms with Crippen LogP contribution in [-0.4, -0.2) is 27.1 Å². The van der Waals surface area contributed by atoms with E-state index in [-0.39, 0.29) is 23.6 Å². The number of fused-ring (bicyclic) bond motifs is 1. The predicted molar refractivity (Wildman–Crippen MR) is 81.4 cm³/mol. The minimum atomic E-state index is -0.971. The lowest BCUT2D eigenvalue weighted by molar-refractivity contribution is -0.123. The van der Waals surface area contributed by atoms with Gasteiger partial charge in [-0.3, -0.25) is 4.79 Å². The van der Waals surface area contributed by atoms with Gasteiger partial charge < -0.3 is 15.0 Å². The van der Waals surface area contributed by atoms with Gasteiger partial charge in [-0.2, -0.15) is 0 Å². The minimum Gasteiger partial charge on any atom is -0.478 e. The molecule has 1 heterocycles. The molecule has 0 atom stereocenters. The Hall–Kier alpha value is -2.30. The number of carboxylic acid groups (broad SMARTS) is 1. The molecule has 0 fully saturated rings. The highest BCUT2D eigenvalue weighted by molar-refractivity contribution is 5.94. The third kappa shape index (κ3) is 3.42. The normalized spacial score (nSPS) is 11.6. The molecule has 0 unspecified atom stereocenters. The molecule has 0 radical (unpaired) electrons. The van der Waals surface area contributed by atoms with Crippen LogP contribution in [0.25, 0.3) is 10.9 Å². The fourth-order valence-corrected chi connectivity index (χ4v) is 2.11. The maximum Gasteiger partial charge on any atom is 0.335 e. The summed E-state index contributed by atoms with van der Waals surface area (Å²) in [6, 6.07) is 6.79. The van der Waals surface area contributed by atoms with E-state index in [2.05, 4.69) is 5.32 Å². The molecular weight excluding hydrogens is 268 g/mol. The quantitative estimate of drug-likeness (QED) is 0.888. The minimum absolute atomic E-state index is 0.0833. The zero-order chi connectivity index (χ0) is 15.6. The molecule has 0 aliphatic heterocycles. The summed E-state index contributed by atoms with van der Waals surface area (Å²) in [5.41, 5.74) is 0.725. The highest BCUT2D eigenvalue weighted by Crippen LogP contribution is 2.18. The van der Waals surface area contributed by atoms with Gasteiger partial charge in [0.25, 0.3) is 0 Å². The molecule has 2 N–H and O–H groups in total. The van der Waals surface area contributed by atoms with Crippen molar-refractivity contribution in [3.05, 3.63) is 36.0 Å². The zero-order valence-corrected chi connectivity index (χ0v) is 12.5. The van der Waals surface area contributed by atoms with Crippen LogP contribution in [0.2, 0.25) is 0 Å². The summed E-state index contributed by atoms with van der Waals surface area (Å²) in [4.78, 5) is 23.1. The molecular formula is C16H20N2O3. The number of amides is 1. The number of nitrogens with zero attached hydrogens (tertiary/aromatic N) is 1. The number of rotatable bonds is 5. The summed E-state index contributed by atoms with van der Waals surface area (Å²) < 4.78 is 1.77. The second kappa shape index (κ2) is 5.60. The number of aromatic nitrogens is 1. The van der Waals surface area contributed by atoms with Gasteiger partial charge in [0.05, 0.1) is 5.56 Å². The van der Waals surface area contributed by atoms with Crippen LogP contribution in [0.5, 0.6) is 0 Å². The lowest BCUT2D eigenvalue weighted by Crippen LogP contribution is -2.44. The van der Waals surface area contributed by atoms with E-state index < -0.39 is 5.97 Å². The van der Waals surface area contributed by atoms with E-state index in [4.69, 9.17) is 5.11 Å². The van der Waals surface area contributed by atoms with Gasteiger partial charge in [0.15, 0.2) is 0 Å². The molecule has 1 aromatic heterocycles. The molecule has 2 aromatic rings. The predicted octanol–water partition coefficient (Wildman–Crippen LogP) is 2.64. The first-order valence-corrected chi connectivity index (χ1v) is 6.95. The molecule has 0 spiro atoms. The van der Waals surface area contributed by atoms with Gasteiger partial charge >= 0.3 is 5.97 Å². The molecule has 21 heavy (non-hydrogen) atoms. The van der Waals surface area contributed by atoms with Crippen LogP contribution in [0, 0.1) is 0 Å². The highest BCUT2D eigenvalue weighted by Gasteiger charge is 2.18. The summed E-state index contributed by atoms with van der Waals surface area (Å²) in [6.45, 7) is 6.14. The van der Waals surface area contributed by atoms with Crippen molar-refractivity contribution < 1.29 is 14.7 Å². The van der Waals surface area contributed by atoms with Gasteiger partial charge in [-0.15, -0.1) is 0 Å². The first kappa shape index (κ1) is 15.1. The molecule has 112 valence electrons. The summed E-state index contributed by atoms with van der Waals surface area (Å²) >= 11 is 0. The Morgan fingerprint density at radius 2 is 2.00 bits per heavy atom. The monoisotopic (exact) mass is 288 g/mol. The van der Waals surface area contributed by atoms with Crippen molar-refractivity contribution in [3.8, 4) is 0 Å². The Morgan fingerprint density at radius 1 is 1.29 bits per heavy atom. The maximum absolute atomic E-state index is 12.1. The van der Waals surface area contributed by atoms with Crippen LogP contribution in [0.1, 0.15) is 37.6 Å². The Morgan fingerprint density at radius 3 is 2.62 bits per heavy atom. The molecule has 2 rings (SSSR count). The van der Waals surface area contributed by atoms with E-state index in [1.165, 1.54) is 0 Å². The average molecular weight is 288 g/mol. The number of aromatic carboxylic acids is 1. The van der Waals surface area contributed by atoms with Crippen LogP contribution in [0.3, 0.4) is 0 Å². The Kier molecular flexibility index (Phi) is 4.02. The van der Waals surface area contributed by atoms with Gasteiger partial charge in [-0.1, -0.05) is 13.0 Å². The third-order valence-electron chi connectivity index (χ3n) is 3.70. The number of carbonyl (C=O) groups is 2. The van der Waals surface area contributed by atoms with Gasteiger partial charge in [-0.05, 0) is 43.9 Å². The van der Waals surface area contributed by atoms with Gasteiger partial charge in [0, 0.05) is 17.3 Å². The molecule has 1 aromatic carbocycles. The lowest BCUT2D eigenvalue weighted by atomic mass is 10.0. The van der Waals surface area contributed by atoms with E-state index in [0.717, 1.165) is 17.3 Å². The van der Waals surface area contributed by atoms with Crippen molar-refractivity contribution in [2.24, 2.45) is 0 Å². The van der Waals surface area contributed by atoms with Crippen LogP contribution in [0.15, 0.2) is 30.5 Å². The van der Waals surface area contributed by atoms with E-state index in [1.807, 2.05) is 26.8 Å². The Bertz CT molecular complexity index is 686. The molecule has 5 heteroatoms. The number of benzene rings is 1. The maximum atomic E-state index is 12.1. The smallest absolute Gasteiger partial charge is 0.335 e. The second-order valence-electron chi connectivity index (χ2n) is 5.81. The lowest BCUT2D eigenvalue weighted by Gasteiger charge is -2.24. The fourth-order valence-electron chi connectivity index (χ4n) is 2.11. The molecule has 1 amide bonds. The third-order valence-corrected chi connectivity index (χ3v) is 3.70. The van der Waals surface area contributed by atoms with Gasteiger partial charge in [0.2, 0.25) is 5.91 Å². The van der Waals surface area contributed by atoms with Crippen molar-refractivity contribution in [1.29, 1.82) is 0 Å². The summed E-state index contributed by atoms with van der Waals surface area (Å²) in [7, 11) is 0. The second-order valence-corrected chi connectivity index (χ2v) is 5.81. The van der Waals surface area contributed by atoms with Crippen molar-refractivity contribution in [2.45, 2.75) is 39.3 Å². The number of hydrogen-bond acceptors (Lipinski definition) is 2. The van der Waals surface area contributed by atoms with E-state index in [9.17, 15) is 9.59 Å². The summed E-state index contributed by atoms with van der Waals surface area (Å²) in [5, 5.41) is 12.9. The van der Waals surface area contributed by atoms with Crippen LogP contribution >= 0.6 is 0 Å². The summed E-state index contributed by atoms with van der Waals surface area (Å²) in [5.74, 6) is -1.05. The zero-order valence-electron chi connectivity index (χ0n) is 12.5. The molecule has 0 saturated heterocycles. The number of nitrogens with one attached hydrogen (secondary N) is 1. The highest BCUT2D eigenvalue weighted by atomic mass is 16.4. The number of carbonyl (C=O) groups excluding carboxylic acids is 1. The molecule has 0 aliphatic carbocycles. The van der Waals surface area contributed by atoms with Crippen LogP contribution in [-0.2, 0) is 11.3 Å². The Labute approximate surface area is 123 Å². The number of carboxylic acids is 1. The van der Waals surface area contributed by atoms with Crippen molar-refractivity contribution in [1.82, 2.24) is 9.88 Å². The Balaban J connectivity index is 2.24. The standard InChI is InChI=1S/C16H20N2O3/c1-4-16(2,3)17-14(19)10-18-8-7-11-5-6-12(15(20)21)9-13(11)18/h5-9H,4,10H2,1-3H3,(H,17,19)(H,20,21). The molecule has 0 aliphatic rings. The average Bonchev–Trinajstić information content (AvgIpc) is 2.80.